The molecule has 0 aliphatic rings. The number of aromatic hydroxyl groups is 1. The number of phenols is 1. The smallest absolute Gasteiger partial charge is 0.185 e. The molecule has 0 saturated heterocycles. The molecule has 3 aromatic carbocycles. The van der Waals surface area contributed by atoms with E-state index in [1.807, 2.05) is 48.5 Å². The van der Waals surface area contributed by atoms with Crippen LogP contribution in [-0.4, -0.2) is 18.0 Å². The minimum atomic E-state index is -0.140. The van der Waals surface area contributed by atoms with Crippen molar-refractivity contribution < 1.29 is 19.4 Å². The van der Waals surface area contributed by atoms with E-state index in [4.69, 9.17) is 9.47 Å². The monoisotopic (exact) mass is 360 g/mol. The van der Waals surface area contributed by atoms with Crippen LogP contribution in [0.1, 0.15) is 21.5 Å². The molecule has 0 unspecified atom stereocenters. The van der Waals surface area contributed by atoms with Gasteiger partial charge in [-0.1, -0.05) is 42.5 Å². The summed E-state index contributed by atoms with van der Waals surface area (Å²) >= 11 is 0. The Labute approximate surface area is 158 Å². The second kappa shape index (κ2) is 8.72. The van der Waals surface area contributed by atoms with Gasteiger partial charge in [0, 0.05) is 5.56 Å². The van der Waals surface area contributed by atoms with Gasteiger partial charge in [0.05, 0.1) is 7.11 Å². The van der Waals surface area contributed by atoms with Crippen molar-refractivity contribution in [2.24, 2.45) is 0 Å². The van der Waals surface area contributed by atoms with Crippen LogP contribution >= 0.6 is 0 Å². The third kappa shape index (κ3) is 4.98. The molecule has 0 saturated carbocycles. The van der Waals surface area contributed by atoms with E-state index < -0.39 is 0 Å². The van der Waals surface area contributed by atoms with Crippen LogP contribution in [0.4, 0.5) is 0 Å². The number of hydrogen-bond donors (Lipinski definition) is 1. The van der Waals surface area contributed by atoms with Gasteiger partial charge in [0.25, 0.3) is 0 Å². The summed E-state index contributed by atoms with van der Waals surface area (Å²) in [5.41, 5.74) is 2.41. The zero-order valence-corrected chi connectivity index (χ0v) is 15.0. The van der Waals surface area contributed by atoms with E-state index in [1.165, 1.54) is 18.2 Å². The lowest BCUT2D eigenvalue weighted by Gasteiger charge is -2.11. The summed E-state index contributed by atoms with van der Waals surface area (Å²) in [6, 6.07) is 21.6. The van der Waals surface area contributed by atoms with Crippen molar-refractivity contribution in [1.82, 2.24) is 0 Å². The van der Waals surface area contributed by atoms with E-state index in [2.05, 4.69) is 0 Å². The molecule has 0 aliphatic heterocycles. The Morgan fingerprint density at radius 2 is 1.70 bits per heavy atom. The van der Waals surface area contributed by atoms with Gasteiger partial charge in [-0.05, 0) is 53.6 Å². The Kier molecular flexibility index (Phi) is 5.90. The van der Waals surface area contributed by atoms with E-state index in [0.717, 1.165) is 11.1 Å². The van der Waals surface area contributed by atoms with Gasteiger partial charge in [-0.2, -0.15) is 0 Å². The number of rotatable bonds is 7. The fourth-order valence-corrected chi connectivity index (χ4v) is 2.54. The molecule has 4 heteroatoms. The molecule has 0 heterocycles. The summed E-state index contributed by atoms with van der Waals surface area (Å²) < 4.78 is 11.2. The summed E-state index contributed by atoms with van der Waals surface area (Å²) in [4.78, 5) is 12.2. The van der Waals surface area contributed by atoms with Crippen LogP contribution in [0.15, 0.2) is 78.9 Å². The average Bonchev–Trinajstić information content (AvgIpc) is 2.72. The van der Waals surface area contributed by atoms with Crippen LogP contribution in [-0.2, 0) is 6.61 Å². The molecule has 0 amide bonds. The molecule has 3 rings (SSSR count). The van der Waals surface area contributed by atoms with Crippen molar-refractivity contribution in [3.8, 4) is 17.2 Å². The highest BCUT2D eigenvalue weighted by molar-refractivity contribution is 6.06. The SMILES string of the molecule is COc1cc(/C=C/C(=O)c2ccc(O)cc2)ccc1OCc1ccccc1. The molecule has 0 fully saturated rings. The molecule has 0 bridgehead atoms. The van der Waals surface area contributed by atoms with Crippen LogP contribution in [0.25, 0.3) is 6.08 Å². The predicted molar refractivity (Wildman–Crippen MR) is 105 cm³/mol. The van der Waals surface area contributed by atoms with E-state index in [0.29, 0.717) is 23.7 Å². The quantitative estimate of drug-likeness (QED) is 0.482. The lowest BCUT2D eigenvalue weighted by molar-refractivity contribution is 0.104. The maximum Gasteiger partial charge on any atom is 0.185 e. The zero-order chi connectivity index (χ0) is 19.1. The highest BCUT2D eigenvalue weighted by atomic mass is 16.5. The summed E-state index contributed by atoms with van der Waals surface area (Å²) in [5.74, 6) is 1.23. The van der Waals surface area contributed by atoms with Crippen molar-refractivity contribution in [1.29, 1.82) is 0 Å². The topological polar surface area (TPSA) is 55.8 Å². The van der Waals surface area contributed by atoms with Crippen molar-refractivity contribution in [3.63, 3.8) is 0 Å². The molecule has 0 aromatic heterocycles. The largest absolute Gasteiger partial charge is 0.508 e. The second-order valence-corrected chi connectivity index (χ2v) is 5.93. The van der Waals surface area contributed by atoms with Crippen molar-refractivity contribution >= 4 is 11.9 Å². The Morgan fingerprint density at radius 3 is 2.41 bits per heavy atom. The summed E-state index contributed by atoms with van der Waals surface area (Å²) in [7, 11) is 1.58. The summed E-state index contributed by atoms with van der Waals surface area (Å²) in [6.07, 6.45) is 3.21. The second-order valence-electron chi connectivity index (χ2n) is 5.93. The number of phenolic OH excluding ortho intramolecular Hbond substituents is 1. The van der Waals surface area contributed by atoms with Gasteiger partial charge >= 0.3 is 0 Å². The number of methoxy groups -OCH3 is 1. The third-order valence-corrected chi connectivity index (χ3v) is 4.00. The molecular weight excluding hydrogens is 340 g/mol. The van der Waals surface area contributed by atoms with Gasteiger partial charge in [0.2, 0.25) is 0 Å². The van der Waals surface area contributed by atoms with E-state index in [1.54, 1.807) is 25.3 Å². The fourth-order valence-electron chi connectivity index (χ4n) is 2.54. The van der Waals surface area contributed by atoms with E-state index in [9.17, 15) is 9.90 Å². The highest BCUT2D eigenvalue weighted by Crippen LogP contribution is 2.29. The first kappa shape index (κ1) is 18.3. The zero-order valence-electron chi connectivity index (χ0n) is 15.0. The van der Waals surface area contributed by atoms with E-state index >= 15 is 0 Å². The van der Waals surface area contributed by atoms with E-state index in [-0.39, 0.29) is 11.5 Å². The predicted octanol–water partition coefficient (Wildman–Crippen LogP) is 4.88. The molecular formula is C23H20O4. The minimum absolute atomic E-state index is 0.131. The van der Waals surface area contributed by atoms with Gasteiger partial charge in [-0.3, -0.25) is 4.79 Å². The van der Waals surface area contributed by atoms with Crippen LogP contribution < -0.4 is 9.47 Å². The van der Waals surface area contributed by atoms with Crippen LogP contribution in [0.3, 0.4) is 0 Å². The molecule has 136 valence electrons. The van der Waals surface area contributed by atoms with Crippen molar-refractivity contribution in [2.45, 2.75) is 6.61 Å². The van der Waals surface area contributed by atoms with Gasteiger partial charge in [-0.25, -0.2) is 0 Å². The molecule has 0 spiro atoms. The normalized spacial score (nSPS) is 10.7. The first-order chi connectivity index (χ1) is 13.2. The first-order valence-corrected chi connectivity index (χ1v) is 8.52. The number of allylic oxidation sites excluding steroid dienone is 1. The molecule has 27 heavy (non-hydrogen) atoms. The molecule has 3 aromatic rings. The molecule has 0 radical (unpaired) electrons. The number of carbonyl (C=O) groups is 1. The lowest BCUT2D eigenvalue weighted by Crippen LogP contribution is -1.98. The van der Waals surface area contributed by atoms with Crippen LogP contribution in [0.2, 0.25) is 0 Å². The Balaban J connectivity index is 1.69. The van der Waals surface area contributed by atoms with Crippen LogP contribution in [0, 0.1) is 0 Å². The minimum Gasteiger partial charge on any atom is -0.508 e. The Morgan fingerprint density at radius 1 is 0.963 bits per heavy atom. The maximum atomic E-state index is 12.2. The third-order valence-electron chi connectivity index (χ3n) is 4.00. The average molecular weight is 360 g/mol. The molecule has 4 nitrogen and oxygen atoms in total. The number of carbonyl (C=O) groups excluding carboxylic acids is 1. The maximum absolute atomic E-state index is 12.2. The van der Waals surface area contributed by atoms with Gasteiger partial charge in [-0.15, -0.1) is 0 Å². The number of ketones is 1. The van der Waals surface area contributed by atoms with Gasteiger partial charge < -0.3 is 14.6 Å². The van der Waals surface area contributed by atoms with Crippen molar-refractivity contribution in [2.75, 3.05) is 7.11 Å². The first-order valence-electron chi connectivity index (χ1n) is 8.52. The number of benzene rings is 3. The number of hydrogen-bond acceptors (Lipinski definition) is 4. The summed E-state index contributed by atoms with van der Waals surface area (Å²) in [6.45, 7) is 0.450. The van der Waals surface area contributed by atoms with Crippen molar-refractivity contribution in [3.05, 3.63) is 95.6 Å². The number of ether oxygens (including phenoxy) is 2. The Hall–Kier alpha value is -3.53. The highest BCUT2D eigenvalue weighted by Gasteiger charge is 2.06. The van der Waals surface area contributed by atoms with Crippen LogP contribution in [0.5, 0.6) is 17.2 Å². The lowest BCUT2D eigenvalue weighted by atomic mass is 10.1. The Bertz CT molecular complexity index is 928. The summed E-state index contributed by atoms with van der Waals surface area (Å²) in [5, 5.41) is 9.29. The fraction of sp³-hybridized carbons (Fsp3) is 0.0870. The molecule has 1 N–H and O–H groups in total. The van der Waals surface area contributed by atoms with Gasteiger partial charge in [0.15, 0.2) is 17.3 Å². The molecule has 0 aliphatic carbocycles. The standard InChI is InChI=1S/C23H20O4/c1-26-23-15-17(7-13-21(25)19-9-11-20(24)12-10-19)8-14-22(23)27-16-18-5-3-2-4-6-18/h2-15,24H,16H2,1H3/b13-7+. The van der Waals surface area contributed by atoms with Gasteiger partial charge in [0.1, 0.15) is 12.4 Å². The molecule has 0 atom stereocenters.